The van der Waals surface area contributed by atoms with Gasteiger partial charge in [-0.3, -0.25) is 5.10 Å². The Morgan fingerprint density at radius 3 is 2.87 bits per heavy atom. The highest BCUT2D eigenvalue weighted by Crippen LogP contribution is 2.20. The number of benzene rings is 1. The Balaban J connectivity index is 2.02. The van der Waals surface area contributed by atoms with Crippen LogP contribution in [0.4, 0.5) is 5.69 Å². The van der Waals surface area contributed by atoms with Gasteiger partial charge >= 0.3 is 0 Å². The minimum absolute atomic E-state index is 0.429. The Morgan fingerprint density at radius 1 is 1.40 bits per heavy atom. The summed E-state index contributed by atoms with van der Waals surface area (Å²) in [4.78, 5) is 0. The number of aromatic amines is 1. The lowest BCUT2D eigenvalue weighted by Gasteiger charge is -2.06. The van der Waals surface area contributed by atoms with E-state index >= 15 is 0 Å². The van der Waals surface area contributed by atoms with Gasteiger partial charge < -0.3 is 10.5 Å². The summed E-state index contributed by atoms with van der Waals surface area (Å²) >= 11 is 0. The zero-order valence-electron chi connectivity index (χ0n) is 8.53. The number of nitrogens with one attached hydrogen (secondary N) is 1. The molecule has 0 radical (unpaired) electrons. The second-order valence-corrected chi connectivity index (χ2v) is 3.37. The van der Waals surface area contributed by atoms with E-state index in [9.17, 15) is 0 Å². The molecule has 1 heterocycles. The lowest BCUT2D eigenvalue weighted by atomic mass is 10.3. The van der Waals surface area contributed by atoms with Crippen molar-refractivity contribution >= 4 is 5.69 Å². The van der Waals surface area contributed by atoms with E-state index in [0.29, 0.717) is 18.0 Å². The van der Waals surface area contributed by atoms with Crippen molar-refractivity contribution in [2.24, 2.45) is 0 Å². The van der Waals surface area contributed by atoms with Crippen LogP contribution in [0.1, 0.15) is 11.4 Å². The van der Waals surface area contributed by atoms with Crippen molar-refractivity contribution in [1.29, 1.82) is 0 Å². The number of nitrogen functional groups attached to an aromatic ring is 1. The van der Waals surface area contributed by atoms with Gasteiger partial charge in [-0.25, -0.2) is 0 Å². The summed E-state index contributed by atoms with van der Waals surface area (Å²) in [5.74, 6) is 0.693. The van der Waals surface area contributed by atoms with E-state index in [4.69, 9.17) is 10.5 Å². The van der Waals surface area contributed by atoms with Crippen LogP contribution in [0.5, 0.6) is 5.75 Å². The molecule has 78 valence electrons. The van der Waals surface area contributed by atoms with Crippen molar-refractivity contribution in [3.05, 3.63) is 41.7 Å². The van der Waals surface area contributed by atoms with Crippen LogP contribution in [0, 0.1) is 6.92 Å². The Morgan fingerprint density at radius 2 is 2.20 bits per heavy atom. The number of hydrogen-bond acceptors (Lipinski definition) is 3. The van der Waals surface area contributed by atoms with Crippen molar-refractivity contribution in [3.63, 3.8) is 0 Å². The van der Waals surface area contributed by atoms with Gasteiger partial charge in [0.05, 0.1) is 11.4 Å². The molecule has 0 aliphatic heterocycles. The molecule has 0 fully saturated rings. The van der Waals surface area contributed by atoms with Crippen LogP contribution >= 0.6 is 0 Å². The first-order valence-electron chi connectivity index (χ1n) is 4.74. The molecule has 0 unspecified atom stereocenters. The molecule has 0 bridgehead atoms. The lowest BCUT2D eigenvalue weighted by molar-refractivity contribution is 0.303. The van der Waals surface area contributed by atoms with Crippen LogP contribution in [0.2, 0.25) is 0 Å². The fraction of sp³-hybridized carbons (Fsp3) is 0.182. The van der Waals surface area contributed by atoms with Crippen molar-refractivity contribution in [2.45, 2.75) is 13.5 Å². The van der Waals surface area contributed by atoms with E-state index in [1.807, 2.05) is 37.3 Å². The SMILES string of the molecule is Cc1cc(COc2ccccc2N)n[nH]1. The number of hydrogen-bond donors (Lipinski definition) is 2. The van der Waals surface area contributed by atoms with Crippen molar-refractivity contribution in [2.75, 3.05) is 5.73 Å². The van der Waals surface area contributed by atoms with Gasteiger partial charge in [-0.05, 0) is 25.1 Å². The van der Waals surface area contributed by atoms with E-state index in [-0.39, 0.29) is 0 Å². The van der Waals surface area contributed by atoms with Crippen LogP contribution in [0.15, 0.2) is 30.3 Å². The Bertz CT molecular complexity index is 451. The fourth-order valence-electron chi connectivity index (χ4n) is 1.31. The summed E-state index contributed by atoms with van der Waals surface area (Å²) in [5, 5.41) is 6.93. The minimum atomic E-state index is 0.429. The molecule has 1 aromatic carbocycles. The van der Waals surface area contributed by atoms with E-state index in [1.165, 1.54) is 0 Å². The molecule has 3 N–H and O–H groups in total. The number of H-pyrrole nitrogens is 1. The van der Waals surface area contributed by atoms with Crippen LogP contribution in [-0.4, -0.2) is 10.2 Å². The van der Waals surface area contributed by atoms with Gasteiger partial charge in [-0.2, -0.15) is 5.10 Å². The molecule has 0 atom stereocenters. The molecule has 15 heavy (non-hydrogen) atoms. The number of nitrogens with two attached hydrogens (primary N) is 1. The second-order valence-electron chi connectivity index (χ2n) is 3.37. The molecule has 2 rings (SSSR count). The first-order valence-corrected chi connectivity index (χ1v) is 4.74. The van der Waals surface area contributed by atoms with E-state index in [0.717, 1.165) is 11.4 Å². The van der Waals surface area contributed by atoms with Crippen molar-refractivity contribution in [1.82, 2.24) is 10.2 Å². The van der Waals surface area contributed by atoms with E-state index < -0.39 is 0 Å². The average Bonchev–Trinajstić information content (AvgIpc) is 2.63. The predicted molar refractivity (Wildman–Crippen MR) is 58.5 cm³/mol. The van der Waals surface area contributed by atoms with Crippen LogP contribution < -0.4 is 10.5 Å². The number of para-hydroxylation sites is 2. The normalized spacial score (nSPS) is 10.2. The average molecular weight is 203 g/mol. The molecule has 0 amide bonds. The highest BCUT2D eigenvalue weighted by molar-refractivity contribution is 5.51. The van der Waals surface area contributed by atoms with Gasteiger partial charge in [0.25, 0.3) is 0 Å². The molecule has 0 saturated heterocycles. The smallest absolute Gasteiger partial charge is 0.142 e. The van der Waals surface area contributed by atoms with E-state index in [2.05, 4.69) is 10.2 Å². The summed E-state index contributed by atoms with van der Waals surface area (Å²) in [5.41, 5.74) is 8.27. The number of rotatable bonds is 3. The molecular formula is C11H13N3O. The molecule has 1 aromatic heterocycles. The fourth-order valence-corrected chi connectivity index (χ4v) is 1.31. The maximum atomic E-state index is 5.74. The van der Waals surface area contributed by atoms with Crippen LogP contribution in [-0.2, 0) is 6.61 Å². The highest BCUT2D eigenvalue weighted by Gasteiger charge is 2.01. The molecule has 0 aliphatic carbocycles. The molecule has 0 aliphatic rings. The predicted octanol–water partition coefficient (Wildman–Crippen LogP) is 1.88. The van der Waals surface area contributed by atoms with Gasteiger partial charge in [0.1, 0.15) is 12.4 Å². The molecule has 2 aromatic rings. The number of nitrogens with zero attached hydrogens (tertiary/aromatic N) is 1. The quantitative estimate of drug-likeness (QED) is 0.748. The number of aromatic nitrogens is 2. The van der Waals surface area contributed by atoms with Crippen molar-refractivity contribution in [3.8, 4) is 5.75 Å². The van der Waals surface area contributed by atoms with E-state index in [1.54, 1.807) is 0 Å². The van der Waals surface area contributed by atoms with Gasteiger partial charge in [0.15, 0.2) is 0 Å². The molecular weight excluding hydrogens is 190 g/mol. The highest BCUT2D eigenvalue weighted by atomic mass is 16.5. The zero-order chi connectivity index (χ0) is 10.7. The first-order chi connectivity index (χ1) is 7.25. The van der Waals surface area contributed by atoms with Gasteiger partial charge in [0.2, 0.25) is 0 Å². The first kappa shape index (κ1) is 9.58. The number of aryl methyl sites for hydroxylation is 1. The topological polar surface area (TPSA) is 63.9 Å². The number of anilines is 1. The molecule has 0 saturated carbocycles. The summed E-state index contributed by atoms with van der Waals surface area (Å²) in [6.45, 7) is 2.38. The summed E-state index contributed by atoms with van der Waals surface area (Å²) in [6.07, 6.45) is 0. The summed E-state index contributed by atoms with van der Waals surface area (Å²) in [7, 11) is 0. The number of ether oxygens (including phenoxy) is 1. The van der Waals surface area contributed by atoms with Gasteiger partial charge in [-0.1, -0.05) is 12.1 Å². The largest absolute Gasteiger partial charge is 0.485 e. The van der Waals surface area contributed by atoms with Gasteiger partial charge in [-0.15, -0.1) is 0 Å². The molecule has 4 nitrogen and oxygen atoms in total. The molecule has 4 heteroatoms. The van der Waals surface area contributed by atoms with Crippen LogP contribution in [0.3, 0.4) is 0 Å². The third-order valence-electron chi connectivity index (χ3n) is 2.05. The Labute approximate surface area is 88.1 Å². The van der Waals surface area contributed by atoms with Crippen molar-refractivity contribution < 1.29 is 4.74 Å². The second kappa shape index (κ2) is 4.04. The van der Waals surface area contributed by atoms with Crippen LogP contribution in [0.25, 0.3) is 0 Å². The Hall–Kier alpha value is -1.97. The van der Waals surface area contributed by atoms with Gasteiger partial charge in [0, 0.05) is 5.69 Å². The monoisotopic (exact) mass is 203 g/mol. The maximum absolute atomic E-state index is 5.74. The minimum Gasteiger partial charge on any atom is -0.485 e. The third kappa shape index (κ3) is 2.28. The summed E-state index contributed by atoms with van der Waals surface area (Å²) in [6, 6.07) is 9.36. The lowest BCUT2D eigenvalue weighted by Crippen LogP contribution is -1.98. The summed E-state index contributed by atoms with van der Waals surface area (Å²) < 4.78 is 5.53. The third-order valence-corrected chi connectivity index (χ3v) is 2.05. The standard InChI is InChI=1S/C11H13N3O/c1-8-6-9(14-13-8)7-15-11-5-3-2-4-10(11)12/h2-6H,7,12H2,1H3,(H,13,14). The zero-order valence-corrected chi connectivity index (χ0v) is 8.53. The molecule has 0 spiro atoms. The Kier molecular flexibility index (Phi) is 2.58. The maximum Gasteiger partial charge on any atom is 0.142 e.